The average molecular weight is 356 g/mol. The number of hydrogen-bond donors (Lipinski definition) is 2. The predicted octanol–water partition coefficient (Wildman–Crippen LogP) is 2.83. The molecule has 0 fully saturated rings. The van der Waals surface area contributed by atoms with E-state index >= 15 is 0 Å². The third-order valence-corrected chi connectivity index (χ3v) is 4.99. The lowest BCUT2D eigenvalue weighted by Crippen LogP contribution is -2.14. The van der Waals surface area contributed by atoms with Gasteiger partial charge in [0.1, 0.15) is 17.7 Å². The van der Waals surface area contributed by atoms with Gasteiger partial charge in [-0.1, -0.05) is 17.8 Å². The van der Waals surface area contributed by atoms with Crippen LogP contribution in [0.15, 0.2) is 37.9 Å². The Hall–Kier alpha value is -3.01. The highest BCUT2D eigenvalue weighted by Crippen LogP contribution is 2.34. The van der Waals surface area contributed by atoms with E-state index in [0.717, 1.165) is 11.8 Å². The Morgan fingerprint density at radius 1 is 1.38 bits per heavy atom. The fourth-order valence-corrected chi connectivity index (χ4v) is 3.74. The van der Waals surface area contributed by atoms with Crippen molar-refractivity contribution in [3.8, 4) is 28.5 Å². The van der Waals surface area contributed by atoms with Crippen molar-refractivity contribution < 1.29 is 9.63 Å². The summed E-state index contributed by atoms with van der Waals surface area (Å²) in [5.74, 6) is 0.413. The van der Waals surface area contributed by atoms with Gasteiger partial charge in [-0.2, -0.15) is 10.5 Å². The van der Waals surface area contributed by atoms with Crippen molar-refractivity contribution in [3.63, 3.8) is 0 Å². The van der Waals surface area contributed by atoms with E-state index in [9.17, 15) is 20.4 Å². The first-order valence-electron chi connectivity index (χ1n) is 6.55. The molecular weight excluding hydrogens is 348 g/mol. The fourth-order valence-electron chi connectivity index (χ4n) is 2.08. The van der Waals surface area contributed by atoms with E-state index in [4.69, 9.17) is 4.52 Å². The molecule has 0 saturated carbocycles. The van der Waals surface area contributed by atoms with E-state index in [1.165, 1.54) is 17.4 Å². The highest BCUT2D eigenvalue weighted by Gasteiger charge is 2.20. The van der Waals surface area contributed by atoms with E-state index in [-0.39, 0.29) is 22.8 Å². The topological polar surface area (TPSA) is 127 Å². The molecule has 3 aromatic heterocycles. The number of thioether (sulfide) groups is 1. The standard InChI is InChI=1S/C15H8N4O3S2/c16-5-9-13(11-2-1-3-23-11)10(6-17)15(18-14(9)21)24-7-8-4-12(20)19-22-8/h1-4H,7H2,(H,18,21)(H,19,20). The number of hydrogen-bond acceptors (Lipinski definition) is 8. The van der Waals surface area contributed by atoms with Gasteiger partial charge in [-0.25, -0.2) is 0 Å². The summed E-state index contributed by atoms with van der Waals surface area (Å²) in [5, 5.41) is 33.5. The van der Waals surface area contributed by atoms with Gasteiger partial charge in [0.25, 0.3) is 11.4 Å². The molecule has 0 bridgehead atoms. The molecular formula is C15H8N4O3S2. The summed E-state index contributed by atoms with van der Waals surface area (Å²) in [4.78, 5) is 15.4. The molecule has 0 atom stereocenters. The number of aromatic hydroxyl groups is 1. The van der Waals surface area contributed by atoms with Crippen LogP contribution in [0.3, 0.4) is 0 Å². The summed E-state index contributed by atoms with van der Waals surface area (Å²) < 4.78 is 4.89. The number of H-pyrrole nitrogens is 1. The lowest BCUT2D eigenvalue weighted by molar-refractivity contribution is 0.347. The monoisotopic (exact) mass is 356 g/mol. The summed E-state index contributed by atoms with van der Waals surface area (Å²) in [6.07, 6.45) is 0. The summed E-state index contributed by atoms with van der Waals surface area (Å²) in [7, 11) is 0. The van der Waals surface area contributed by atoms with Crippen LogP contribution in [0.4, 0.5) is 0 Å². The normalized spacial score (nSPS) is 10.2. The van der Waals surface area contributed by atoms with Crippen molar-refractivity contribution in [2.45, 2.75) is 10.8 Å². The lowest BCUT2D eigenvalue weighted by atomic mass is 10.0. The second kappa shape index (κ2) is 6.62. The smallest absolute Gasteiger partial charge is 0.267 e. The zero-order valence-electron chi connectivity index (χ0n) is 11.9. The second-order valence-corrected chi connectivity index (χ2v) is 6.48. The zero-order valence-corrected chi connectivity index (χ0v) is 13.6. The molecule has 2 N–H and O–H groups in total. The Balaban J connectivity index is 2.09. The molecule has 0 spiro atoms. The van der Waals surface area contributed by atoms with Gasteiger partial charge in [0, 0.05) is 16.5 Å². The molecule has 118 valence electrons. The van der Waals surface area contributed by atoms with Gasteiger partial charge < -0.3 is 14.6 Å². The van der Waals surface area contributed by atoms with E-state index < -0.39 is 5.56 Å². The lowest BCUT2D eigenvalue weighted by Gasteiger charge is -2.08. The van der Waals surface area contributed by atoms with Crippen LogP contribution < -0.4 is 5.56 Å². The first-order valence-corrected chi connectivity index (χ1v) is 8.42. The molecule has 3 heterocycles. The molecule has 0 aromatic carbocycles. The summed E-state index contributed by atoms with van der Waals surface area (Å²) in [6.45, 7) is 0. The number of nitrogens with zero attached hydrogens (tertiary/aromatic N) is 3. The van der Waals surface area contributed by atoms with Crippen molar-refractivity contribution in [1.29, 1.82) is 10.5 Å². The van der Waals surface area contributed by atoms with Crippen LogP contribution in [0, 0.1) is 22.7 Å². The molecule has 24 heavy (non-hydrogen) atoms. The number of thiophene rings is 1. The van der Waals surface area contributed by atoms with Crippen molar-refractivity contribution >= 4 is 23.1 Å². The molecule has 0 aliphatic heterocycles. The molecule has 0 aliphatic carbocycles. The zero-order chi connectivity index (χ0) is 17.1. The summed E-state index contributed by atoms with van der Waals surface area (Å²) >= 11 is 2.50. The van der Waals surface area contributed by atoms with Crippen molar-refractivity contribution in [1.82, 2.24) is 10.1 Å². The minimum atomic E-state index is -0.553. The van der Waals surface area contributed by atoms with Crippen molar-refractivity contribution in [3.05, 3.63) is 50.8 Å². The third kappa shape index (κ3) is 2.91. The summed E-state index contributed by atoms with van der Waals surface area (Å²) in [6, 6.07) is 8.82. The third-order valence-electron chi connectivity index (χ3n) is 3.08. The Kier molecular flexibility index (Phi) is 4.38. The van der Waals surface area contributed by atoms with Crippen molar-refractivity contribution in [2.75, 3.05) is 0 Å². The maximum atomic E-state index is 12.2. The Bertz CT molecular complexity index is 1020. The molecule has 9 heteroatoms. The molecule has 0 amide bonds. The number of aromatic nitrogens is 2. The van der Waals surface area contributed by atoms with Gasteiger partial charge in [0.2, 0.25) is 0 Å². The highest BCUT2D eigenvalue weighted by molar-refractivity contribution is 7.98. The fraction of sp³-hybridized carbons (Fsp3) is 0.0667. The van der Waals surface area contributed by atoms with Gasteiger partial charge in [0.15, 0.2) is 5.76 Å². The SMILES string of the molecule is N#Cc1c(SCc2cc(O)no2)[nH]c(=O)c(C#N)c1-c1cccs1. The number of aromatic amines is 1. The Labute approximate surface area is 143 Å². The minimum absolute atomic E-state index is 0.0874. The van der Waals surface area contributed by atoms with Gasteiger partial charge in [-0.05, 0) is 16.6 Å². The Morgan fingerprint density at radius 2 is 2.17 bits per heavy atom. The molecule has 3 rings (SSSR count). The Morgan fingerprint density at radius 3 is 2.75 bits per heavy atom. The maximum Gasteiger partial charge on any atom is 0.267 e. The number of nitrogens with one attached hydrogen (secondary N) is 1. The van der Waals surface area contributed by atoms with E-state index in [1.807, 2.05) is 11.4 Å². The van der Waals surface area contributed by atoms with Crippen LogP contribution in [0.1, 0.15) is 16.9 Å². The van der Waals surface area contributed by atoms with Crippen LogP contribution >= 0.6 is 23.1 Å². The second-order valence-electron chi connectivity index (χ2n) is 4.55. The van der Waals surface area contributed by atoms with E-state index in [2.05, 4.69) is 16.2 Å². The summed E-state index contributed by atoms with van der Waals surface area (Å²) in [5.41, 5.74) is -0.0810. The molecule has 7 nitrogen and oxygen atoms in total. The minimum Gasteiger partial charge on any atom is -0.491 e. The van der Waals surface area contributed by atoms with Gasteiger partial charge in [0.05, 0.1) is 16.3 Å². The first-order chi connectivity index (χ1) is 11.6. The number of nitriles is 2. The quantitative estimate of drug-likeness (QED) is 0.688. The van der Waals surface area contributed by atoms with E-state index in [1.54, 1.807) is 12.1 Å². The van der Waals surface area contributed by atoms with Crippen LogP contribution in [0.25, 0.3) is 10.4 Å². The van der Waals surface area contributed by atoms with Gasteiger partial charge >= 0.3 is 0 Å². The largest absolute Gasteiger partial charge is 0.491 e. The predicted molar refractivity (Wildman–Crippen MR) is 87.5 cm³/mol. The van der Waals surface area contributed by atoms with Crippen LogP contribution in [-0.4, -0.2) is 15.2 Å². The van der Waals surface area contributed by atoms with Crippen molar-refractivity contribution in [2.24, 2.45) is 0 Å². The average Bonchev–Trinajstić information content (AvgIpc) is 3.23. The van der Waals surface area contributed by atoms with Gasteiger partial charge in [-0.3, -0.25) is 4.79 Å². The molecule has 3 aromatic rings. The molecule has 0 radical (unpaired) electrons. The first kappa shape index (κ1) is 15.9. The van der Waals surface area contributed by atoms with Crippen LogP contribution in [0.5, 0.6) is 5.88 Å². The molecule has 0 saturated heterocycles. The van der Waals surface area contributed by atoms with Crippen LogP contribution in [-0.2, 0) is 5.75 Å². The number of pyridine rings is 1. The molecule has 0 aliphatic rings. The maximum absolute atomic E-state index is 12.2. The number of rotatable bonds is 4. The van der Waals surface area contributed by atoms with Gasteiger partial charge in [-0.15, -0.1) is 11.3 Å². The molecule has 0 unspecified atom stereocenters. The van der Waals surface area contributed by atoms with E-state index in [0.29, 0.717) is 21.2 Å². The van der Waals surface area contributed by atoms with Crippen LogP contribution in [0.2, 0.25) is 0 Å². The highest BCUT2D eigenvalue weighted by atomic mass is 32.2.